The van der Waals surface area contributed by atoms with Gasteiger partial charge in [0.25, 0.3) is 0 Å². The summed E-state index contributed by atoms with van der Waals surface area (Å²) < 4.78 is 61.2. The van der Waals surface area contributed by atoms with Crippen LogP contribution in [0.1, 0.15) is 0 Å². The van der Waals surface area contributed by atoms with Crippen LogP contribution in [0.25, 0.3) is 0 Å². The number of phosphoric ester groups is 1. The summed E-state index contributed by atoms with van der Waals surface area (Å²) in [7, 11) is -8.55. The van der Waals surface area contributed by atoms with Gasteiger partial charge in [-0.25, -0.2) is 0 Å². The van der Waals surface area contributed by atoms with Crippen molar-refractivity contribution in [3.05, 3.63) is 91.0 Å². The first-order valence-electron chi connectivity index (χ1n) is 7.77. The van der Waals surface area contributed by atoms with Crippen LogP contribution in [0.3, 0.4) is 0 Å². The molecule has 3 aromatic rings. The first-order chi connectivity index (χ1) is 13.2. The molecule has 0 bridgehead atoms. The summed E-state index contributed by atoms with van der Waals surface area (Å²) in [6, 6.07) is 26.4. The quantitative estimate of drug-likeness (QED) is 0.432. The number of para-hydroxylation sites is 3. The third kappa shape index (κ3) is 8.70. The molecule has 0 aromatic heterocycles. The fraction of sp³-hybridized carbons (Fsp3) is 0. The number of phosphoric acid groups is 1. The van der Waals surface area contributed by atoms with Crippen LogP contribution >= 0.6 is 7.82 Å². The van der Waals surface area contributed by atoms with Gasteiger partial charge in [-0.1, -0.05) is 54.6 Å². The van der Waals surface area contributed by atoms with E-state index in [-0.39, 0.29) is 0 Å². The molecule has 0 unspecified atom stereocenters. The van der Waals surface area contributed by atoms with Crippen molar-refractivity contribution in [2.45, 2.75) is 0 Å². The molecule has 8 nitrogen and oxygen atoms in total. The Balaban J connectivity index is 0.000000500. The van der Waals surface area contributed by atoms with Gasteiger partial charge < -0.3 is 13.6 Å². The Kier molecular flexibility index (Phi) is 7.60. The molecule has 3 aromatic carbocycles. The standard InChI is InChI=1S/C18H15O4P.H2O4S/c19-23(20-16-10-4-1-5-11-16,21-17-12-6-2-7-13-17)22-18-14-8-3-9-15-18;1-5(2,3)4/h1-15H;(H2,1,2,3,4). The van der Waals surface area contributed by atoms with Gasteiger partial charge in [0.1, 0.15) is 17.2 Å². The van der Waals surface area contributed by atoms with Gasteiger partial charge in [-0.3, -0.25) is 9.11 Å². The molecule has 0 atom stereocenters. The average Bonchev–Trinajstić information content (AvgIpc) is 2.62. The van der Waals surface area contributed by atoms with Crippen molar-refractivity contribution in [2.75, 3.05) is 0 Å². The molecule has 0 aliphatic carbocycles. The van der Waals surface area contributed by atoms with Crippen LogP contribution in [-0.4, -0.2) is 17.5 Å². The maximum absolute atomic E-state index is 13.1. The highest BCUT2D eigenvalue weighted by Gasteiger charge is 2.33. The zero-order chi connectivity index (χ0) is 20.5. The SMILES string of the molecule is O=P(Oc1ccccc1)(Oc1ccccc1)Oc1ccccc1.O=S(=O)(O)O. The third-order valence-corrected chi connectivity index (χ3v) is 4.18. The van der Waals surface area contributed by atoms with Crippen LogP contribution < -0.4 is 13.6 Å². The van der Waals surface area contributed by atoms with Crippen molar-refractivity contribution in [2.24, 2.45) is 0 Å². The van der Waals surface area contributed by atoms with E-state index in [9.17, 15) is 4.57 Å². The van der Waals surface area contributed by atoms with Crippen LogP contribution in [0.2, 0.25) is 0 Å². The summed E-state index contributed by atoms with van der Waals surface area (Å²) in [5.41, 5.74) is 0. The molecule has 148 valence electrons. The minimum absolute atomic E-state index is 0.405. The molecule has 10 heteroatoms. The van der Waals surface area contributed by atoms with Gasteiger partial charge in [-0.05, 0) is 36.4 Å². The van der Waals surface area contributed by atoms with Gasteiger partial charge in [0.05, 0.1) is 0 Å². The average molecular weight is 424 g/mol. The molecule has 0 saturated heterocycles. The lowest BCUT2D eigenvalue weighted by molar-refractivity contribution is 0.298. The topological polar surface area (TPSA) is 119 Å². The summed E-state index contributed by atoms with van der Waals surface area (Å²) in [6.45, 7) is 0. The molecular formula is C18H17O8PS. The van der Waals surface area contributed by atoms with E-state index in [1.165, 1.54) is 0 Å². The van der Waals surface area contributed by atoms with E-state index in [2.05, 4.69) is 0 Å². The van der Waals surface area contributed by atoms with Gasteiger partial charge in [0.2, 0.25) is 0 Å². The van der Waals surface area contributed by atoms with Crippen molar-refractivity contribution >= 4 is 18.2 Å². The van der Waals surface area contributed by atoms with Crippen LogP contribution in [0.15, 0.2) is 91.0 Å². The summed E-state index contributed by atoms with van der Waals surface area (Å²) in [4.78, 5) is 0. The van der Waals surface area contributed by atoms with E-state index in [1.54, 1.807) is 72.8 Å². The highest BCUT2D eigenvalue weighted by atomic mass is 32.3. The first-order valence-corrected chi connectivity index (χ1v) is 10.6. The van der Waals surface area contributed by atoms with E-state index < -0.39 is 18.2 Å². The minimum Gasteiger partial charge on any atom is -0.386 e. The van der Waals surface area contributed by atoms with Gasteiger partial charge in [-0.15, -0.1) is 0 Å². The summed E-state index contributed by atoms with van der Waals surface area (Å²) in [6.07, 6.45) is 0. The van der Waals surface area contributed by atoms with Gasteiger partial charge >= 0.3 is 18.2 Å². The first kappa shape index (κ1) is 21.5. The van der Waals surface area contributed by atoms with Crippen LogP contribution in [0.5, 0.6) is 17.2 Å². The Labute approximate surface area is 162 Å². The Bertz CT molecular complexity index is 879. The highest BCUT2D eigenvalue weighted by molar-refractivity contribution is 7.79. The number of hydrogen-bond donors (Lipinski definition) is 2. The predicted octanol–water partition coefficient (Wildman–Crippen LogP) is 4.68. The zero-order valence-electron chi connectivity index (χ0n) is 14.4. The van der Waals surface area contributed by atoms with E-state index in [1.807, 2.05) is 18.2 Å². The van der Waals surface area contributed by atoms with E-state index in [0.717, 1.165) is 0 Å². The smallest absolute Gasteiger partial charge is 0.386 e. The molecule has 3 rings (SSSR count). The Morgan fingerprint density at radius 3 is 1.00 bits per heavy atom. The summed E-state index contributed by atoms with van der Waals surface area (Å²) >= 11 is 0. The molecule has 2 N–H and O–H groups in total. The fourth-order valence-corrected chi connectivity index (χ4v) is 3.14. The van der Waals surface area contributed by atoms with E-state index in [0.29, 0.717) is 17.2 Å². The van der Waals surface area contributed by atoms with E-state index >= 15 is 0 Å². The molecule has 0 aliphatic rings. The highest BCUT2D eigenvalue weighted by Crippen LogP contribution is 2.49. The number of benzene rings is 3. The monoisotopic (exact) mass is 424 g/mol. The molecule has 28 heavy (non-hydrogen) atoms. The van der Waals surface area contributed by atoms with Crippen molar-refractivity contribution < 1.29 is 35.7 Å². The van der Waals surface area contributed by atoms with Crippen LogP contribution in [0.4, 0.5) is 0 Å². The molecule has 0 radical (unpaired) electrons. The maximum Gasteiger partial charge on any atom is 0.647 e. The van der Waals surface area contributed by atoms with Crippen molar-refractivity contribution in [3.8, 4) is 17.2 Å². The second kappa shape index (κ2) is 9.91. The molecule has 0 spiro atoms. The third-order valence-electron chi connectivity index (χ3n) is 2.88. The largest absolute Gasteiger partial charge is 0.647 e. The summed E-state index contributed by atoms with van der Waals surface area (Å²) in [5, 5.41) is 0. The lowest BCUT2D eigenvalue weighted by Gasteiger charge is -2.19. The second-order valence-corrected chi connectivity index (χ2v) is 7.45. The molecular weight excluding hydrogens is 407 g/mol. The Morgan fingerprint density at radius 2 is 0.786 bits per heavy atom. The van der Waals surface area contributed by atoms with Crippen molar-refractivity contribution in [3.63, 3.8) is 0 Å². The van der Waals surface area contributed by atoms with Crippen LogP contribution in [-0.2, 0) is 15.0 Å². The molecule has 0 saturated carbocycles. The fourth-order valence-electron chi connectivity index (χ4n) is 1.89. The molecule has 0 heterocycles. The number of rotatable bonds is 6. The lowest BCUT2D eigenvalue weighted by atomic mass is 10.3. The number of hydrogen-bond acceptors (Lipinski definition) is 6. The lowest BCUT2D eigenvalue weighted by Crippen LogP contribution is -2.07. The van der Waals surface area contributed by atoms with Gasteiger partial charge in [-0.2, -0.15) is 13.0 Å². The Hall–Kier alpha value is -2.84. The van der Waals surface area contributed by atoms with Crippen molar-refractivity contribution in [1.82, 2.24) is 0 Å². The molecule has 0 amide bonds. The van der Waals surface area contributed by atoms with Crippen LogP contribution in [0, 0.1) is 0 Å². The molecule has 0 fully saturated rings. The second-order valence-electron chi connectivity index (χ2n) is 5.11. The maximum atomic E-state index is 13.1. The zero-order valence-corrected chi connectivity index (χ0v) is 16.1. The van der Waals surface area contributed by atoms with Crippen molar-refractivity contribution in [1.29, 1.82) is 0 Å². The molecule has 0 aliphatic heterocycles. The normalized spacial score (nSPS) is 10.9. The van der Waals surface area contributed by atoms with Gasteiger partial charge in [0.15, 0.2) is 0 Å². The van der Waals surface area contributed by atoms with E-state index in [4.69, 9.17) is 31.1 Å². The predicted molar refractivity (Wildman–Crippen MR) is 103 cm³/mol. The van der Waals surface area contributed by atoms with Gasteiger partial charge in [0, 0.05) is 0 Å². The minimum atomic E-state index is -4.67. The summed E-state index contributed by atoms with van der Waals surface area (Å²) in [5.74, 6) is 1.22. The Morgan fingerprint density at radius 1 is 0.571 bits per heavy atom.